The highest BCUT2D eigenvalue weighted by atomic mass is 16.4. The Hall–Kier alpha value is -0.870. The van der Waals surface area contributed by atoms with Crippen LogP contribution < -0.4 is 0 Å². The van der Waals surface area contributed by atoms with E-state index in [-0.39, 0.29) is 0 Å². The van der Waals surface area contributed by atoms with Crippen molar-refractivity contribution in [3.63, 3.8) is 0 Å². The van der Waals surface area contributed by atoms with Crippen LogP contribution in [0.5, 0.6) is 0 Å². The maximum atomic E-state index is 10.3. The normalized spacial score (nSPS) is 11.8. The van der Waals surface area contributed by atoms with E-state index in [9.17, 15) is 4.79 Å². The Balaban J connectivity index is 3.78. The van der Waals surface area contributed by atoms with Crippen LogP contribution in [0.15, 0.2) is 12.2 Å². The monoisotopic (exact) mass is 242 g/mol. The first-order valence-corrected chi connectivity index (χ1v) is 6.48. The number of aliphatic carboxylic acids is 1. The van der Waals surface area contributed by atoms with Gasteiger partial charge in [0, 0.05) is 12.6 Å². The first-order valence-electron chi connectivity index (χ1n) is 6.48. The first-order chi connectivity index (χ1) is 8.13. The topological polar surface area (TPSA) is 43.8 Å². The smallest absolute Gasteiger partial charge is 0.328 e. The summed E-state index contributed by atoms with van der Waals surface area (Å²) in [7, 11) is 0. The minimum atomic E-state index is -0.871. The predicted molar refractivity (Wildman–Crippen MR) is 71.3 cm³/mol. The summed E-state index contributed by atoms with van der Waals surface area (Å²) in [6.45, 7) is 12.5. The molecule has 4 heteroatoms. The van der Waals surface area contributed by atoms with Crippen molar-refractivity contribution < 1.29 is 9.90 Å². The lowest BCUT2D eigenvalue weighted by atomic mass is 10.3. The number of carboxylic acid groups (broad SMARTS) is 1. The van der Waals surface area contributed by atoms with Crippen LogP contribution in [0, 0.1) is 0 Å². The second-order valence-electron chi connectivity index (χ2n) is 4.01. The zero-order chi connectivity index (χ0) is 13.1. The number of rotatable bonds is 10. The molecule has 1 N–H and O–H groups in total. The summed E-state index contributed by atoms with van der Waals surface area (Å²) >= 11 is 0. The third-order valence-electron chi connectivity index (χ3n) is 2.91. The minimum Gasteiger partial charge on any atom is -0.478 e. The van der Waals surface area contributed by atoms with Crippen LogP contribution in [-0.4, -0.2) is 60.1 Å². The SMILES string of the molecule is CCN(CC)CCCN(CC)C/C=C/C(=O)O. The molecule has 0 aliphatic rings. The van der Waals surface area contributed by atoms with E-state index >= 15 is 0 Å². The molecule has 17 heavy (non-hydrogen) atoms. The molecule has 4 nitrogen and oxygen atoms in total. The standard InChI is InChI=1S/C13H26N2O2/c1-4-14(5-2)11-8-12-15(6-3)10-7-9-13(16)17/h7,9H,4-6,8,10-12H2,1-3H3,(H,16,17)/b9-7+. The maximum Gasteiger partial charge on any atom is 0.328 e. The van der Waals surface area contributed by atoms with Gasteiger partial charge in [-0.05, 0) is 39.1 Å². The number of carboxylic acids is 1. The van der Waals surface area contributed by atoms with Gasteiger partial charge in [-0.1, -0.05) is 26.8 Å². The molecule has 0 aliphatic carbocycles. The Morgan fingerprint density at radius 2 is 1.59 bits per heavy atom. The molecule has 0 amide bonds. The van der Waals surface area contributed by atoms with Gasteiger partial charge in [-0.15, -0.1) is 0 Å². The summed E-state index contributed by atoms with van der Waals surface area (Å²) in [5.74, 6) is -0.871. The molecule has 0 heterocycles. The van der Waals surface area contributed by atoms with Gasteiger partial charge in [-0.2, -0.15) is 0 Å². The Kier molecular flexibility index (Phi) is 9.77. The van der Waals surface area contributed by atoms with Crippen LogP contribution in [0.3, 0.4) is 0 Å². The minimum absolute atomic E-state index is 0.723. The molecule has 0 atom stereocenters. The van der Waals surface area contributed by atoms with E-state index in [1.807, 2.05) is 0 Å². The lowest BCUT2D eigenvalue weighted by Crippen LogP contribution is -2.30. The lowest BCUT2D eigenvalue weighted by molar-refractivity contribution is -0.131. The third kappa shape index (κ3) is 8.89. The zero-order valence-electron chi connectivity index (χ0n) is 11.4. The molecule has 0 saturated heterocycles. The fourth-order valence-electron chi connectivity index (χ4n) is 1.74. The Morgan fingerprint density at radius 3 is 2.06 bits per heavy atom. The summed E-state index contributed by atoms with van der Waals surface area (Å²) in [6.07, 6.45) is 4.06. The average Bonchev–Trinajstić information content (AvgIpc) is 2.32. The molecular weight excluding hydrogens is 216 g/mol. The van der Waals surface area contributed by atoms with Gasteiger partial charge >= 0.3 is 5.97 Å². The molecule has 100 valence electrons. The van der Waals surface area contributed by atoms with Crippen molar-refractivity contribution in [2.24, 2.45) is 0 Å². The van der Waals surface area contributed by atoms with Gasteiger partial charge < -0.3 is 10.0 Å². The largest absolute Gasteiger partial charge is 0.478 e. The Bertz CT molecular complexity index is 225. The van der Waals surface area contributed by atoms with E-state index in [2.05, 4.69) is 30.6 Å². The number of nitrogens with zero attached hydrogens (tertiary/aromatic N) is 2. The first kappa shape index (κ1) is 16.1. The van der Waals surface area contributed by atoms with E-state index in [1.165, 1.54) is 6.08 Å². The third-order valence-corrected chi connectivity index (χ3v) is 2.91. The average molecular weight is 242 g/mol. The molecule has 0 aromatic heterocycles. The molecule has 0 aromatic rings. The quantitative estimate of drug-likeness (QED) is 0.592. The summed E-state index contributed by atoms with van der Waals surface area (Å²) in [5.41, 5.74) is 0. The van der Waals surface area contributed by atoms with Crippen LogP contribution in [0.25, 0.3) is 0 Å². The molecule has 0 saturated carbocycles. The van der Waals surface area contributed by atoms with Crippen molar-refractivity contribution in [1.29, 1.82) is 0 Å². The summed E-state index contributed by atoms with van der Waals surface area (Å²) in [6, 6.07) is 0. The number of carbonyl (C=O) groups is 1. The fourth-order valence-corrected chi connectivity index (χ4v) is 1.74. The van der Waals surface area contributed by atoms with Gasteiger partial charge in [0.05, 0.1) is 0 Å². The molecule has 0 unspecified atom stereocenters. The van der Waals surface area contributed by atoms with E-state index in [4.69, 9.17) is 5.11 Å². The second-order valence-corrected chi connectivity index (χ2v) is 4.01. The highest BCUT2D eigenvalue weighted by Crippen LogP contribution is 1.95. The van der Waals surface area contributed by atoms with Crippen molar-refractivity contribution in [2.45, 2.75) is 27.2 Å². The zero-order valence-corrected chi connectivity index (χ0v) is 11.4. The van der Waals surface area contributed by atoms with Gasteiger partial charge in [0.2, 0.25) is 0 Å². The predicted octanol–water partition coefficient (Wildman–Crippen LogP) is 1.68. The highest BCUT2D eigenvalue weighted by molar-refractivity contribution is 5.79. The van der Waals surface area contributed by atoms with E-state index < -0.39 is 5.97 Å². The van der Waals surface area contributed by atoms with Gasteiger partial charge in [0.1, 0.15) is 0 Å². The van der Waals surface area contributed by atoms with Crippen molar-refractivity contribution in [2.75, 3.05) is 39.3 Å². The Morgan fingerprint density at radius 1 is 1.06 bits per heavy atom. The lowest BCUT2D eigenvalue weighted by Gasteiger charge is -2.22. The number of likely N-dealkylation sites (N-methyl/N-ethyl adjacent to an activating group) is 1. The van der Waals surface area contributed by atoms with Crippen molar-refractivity contribution in [3.8, 4) is 0 Å². The van der Waals surface area contributed by atoms with Crippen LogP contribution in [0.1, 0.15) is 27.2 Å². The van der Waals surface area contributed by atoms with E-state index in [0.717, 1.165) is 45.7 Å². The molecule has 0 fully saturated rings. The summed E-state index contributed by atoms with van der Waals surface area (Å²) in [4.78, 5) is 15.0. The second kappa shape index (κ2) is 10.3. The van der Waals surface area contributed by atoms with Crippen molar-refractivity contribution in [1.82, 2.24) is 9.80 Å². The molecular formula is C13H26N2O2. The number of hydrogen-bond acceptors (Lipinski definition) is 3. The fraction of sp³-hybridized carbons (Fsp3) is 0.769. The van der Waals surface area contributed by atoms with Crippen LogP contribution in [-0.2, 0) is 4.79 Å². The van der Waals surface area contributed by atoms with E-state index in [0.29, 0.717) is 0 Å². The van der Waals surface area contributed by atoms with E-state index in [1.54, 1.807) is 6.08 Å². The Labute approximate surface area is 105 Å². The molecule has 0 bridgehead atoms. The highest BCUT2D eigenvalue weighted by Gasteiger charge is 2.02. The van der Waals surface area contributed by atoms with Crippen molar-refractivity contribution in [3.05, 3.63) is 12.2 Å². The maximum absolute atomic E-state index is 10.3. The molecule has 0 aromatic carbocycles. The van der Waals surface area contributed by atoms with Gasteiger partial charge in [0.25, 0.3) is 0 Å². The molecule has 0 aliphatic heterocycles. The van der Waals surface area contributed by atoms with Gasteiger partial charge in [-0.25, -0.2) is 4.79 Å². The van der Waals surface area contributed by atoms with Crippen LogP contribution in [0.4, 0.5) is 0 Å². The van der Waals surface area contributed by atoms with Gasteiger partial charge in [-0.3, -0.25) is 4.90 Å². The van der Waals surface area contributed by atoms with Crippen molar-refractivity contribution >= 4 is 5.97 Å². The van der Waals surface area contributed by atoms with Crippen LogP contribution >= 0.6 is 0 Å². The summed E-state index contributed by atoms with van der Waals surface area (Å²) in [5, 5.41) is 8.50. The number of hydrogen-bond donors (Lipinski definition) is 1. The van der Waals surface area contributed by atoms with Crippen LogP contribution in [0.2, 0.25) is 0 Å². The summed E-state index contributed by atoms with van der Waals surface area (Å²) < 4.78 is 0. The molecule has 0 spiro atoms. The van der Waals surface area contributed by atoms with Gasteiger partial charge in [0.15, 0.2) is 0 Å². The molecule has 0 radical (unpaired) electrons. The molecule has 0 rings (SSSR count).